The molecule has 11 heavy (non-hydrogen) atoms. The van der Waals surface area contributed by atoms with Crippen molar-refractivity contribution in [2.75, 3.05) is 19.3 Å². The summed E-state index contributed by atoms with van der Waals surface area (Å²) in [6.07, 6.45) is 1.68. The van der Waals surface area contributed by atoms with E-state index in [4.69, 9.17) is 0 Å². The van der Waals surface area contributed by atoms with Crippen LogP contribution in [0.1, 0.15) is 12.8 Å². The molecule has 0 radical (unpaired) electrons. The van der Waals surface area contributed by atoms with Gasteiger partial charge in [0.1, 0.15) is 0 Å². The molecule has 1 aliphatic heterocycles. The highest BCUT2D eigenvalue weighted by atomic mass is 35.5. The van der Waals surface area contributed by atoms with Crippen molar-refractivity contribution >= 4 is 22.2 Å². The molecule has 3 nitrogen and oxygen atoms in total. The van der Waals surface area contributed by atoms with Gasteiger partial charge in [-0.15, -0.1) is 12.4 Å². The first-order valence-electron chi connectivity index (χ1n) is 3.53. The quantitative estimate of drug-likeness (QED) is 0.692. The summed E-state index contributed by atoms with van der Waals surface area (Å²) >= 11 is 0. The first kappa shape index (κ1) is 11.2. The van der Waals surface area contributed by atoms with Crippen LogP contribution in [0.15, 0.2) is 0 Å². The molecule has 1 fully saturated rings. The first-order chi connectivity index (χ1) is 4.67. The fraction of sp³-hybridized carbons (Fsp3) is 1.00. The Balaban J connectivity index is 0.000001000. The zero-order valence-corrected chi connectivity index (χ0v) is 8.17. The Hall–Kier alpha value is 0.200. The van der Waals surface area contributed by atoms with E-state index in [0.29, 0.717) is 12.3 Å². The van der Waals surface area contributed by atoms with Crippen molar-refractivity contribution < 1.29 is 8.42 Å². The lowest BCUT2D eigenvalue weighted by atomic mass is 10.2. The molecule has 1 rings (SSSR count). The number of hydrogen-bond acceptors (Lipinski definition) is 3. The van der Waals surface area contributed by atoms with Crippen LogP contribution in [-0.2, 0) is 9.84 Å². The third kappa shape index (κ3) is 2.61. The number of hydrogen-bond donors (Lipinski definition) is 1. The summed E-state index contributed by atoms with van der Waals surface area (Å²) in [4.78, 5) is 0. The molecule has 5 heteroatoms. The molecule has 1 heterocycles. The predicted octanol–water partition coefficient (Wildman–Crippen LogP) is 0.205. The molecule has 0 aliphatic carbocycles. The van der Waals surface area contributed by atoms with E-state index in [1.165, 1.54) is 0 Å². The second-order valence-corrected chi connectivity index (χ2v) is 5.09. The maximum Gasteiger partial charge on any atom is 0.154 e. The molecule has 0 spiro atoms. The largest absolute Gasteiger partial charge is 0.318 e. The fourth-order valence-electron chi connectivity index (χ4n) is 1.32. The van der Waals surface area contributed by atoms with Gasteiger partial charge in [0.05, 0.1) is 11.0 Å². The van der Waals surface area contributed by atoms with E-state index in [-0.39, 0.29) is 17.7 Å². The smallest absolute Gasteiger partial charge is 0.154 e. The van der Waals surface area contributed by atoms with Gasteiger partial charge in [-0.2, -0.15) is 0 Å². The second kappa shape index (κ2) is 4.28. The molecule has 1 saturated heterocycles. The molecule has 0 bridgehead atoms. The highest BCUT2D eigenvalue weighted by Crippen LogP contribution is 2.18. The van der Waals surface area contributed by atoms with Gasteiger partial charge in [-0.1, -0.05) is 0 Å². The lowest BCUT2D eigenvalue weighted by Gasteiger charge is -2.06. The molecule has 0 aromatic carbocycles. The van der Waals surface area contributed by atoms with Gasteiger partial charge in [0.2, 0.25) is 0 Å². The Morgan fingerprint density at radius 3 is 2.55 bits per heavy atom. The average molecular weight is 200 g/mol. The van der Waals surface area contributed by atoms with Crippen molar-refractivity contribution in [1.29, 1.82) is 0 Å². The molecule has 68 valence electrons. The van der Waals surface area contributed by atoms with Crippen molar-refractivity contribution in [2.45, 2.75) is 18.1 Å². The van der Waals surface area contributed by atoms with E-state index in [1.807, 2.05) is 0 Å². The van der Waals surface area contributed by atoms with Crippen LogP contribution >= 0.6 is 12.4 Å². The number of sulfone groups is 1. The van der Waals surface area contributed by atoms with Crippen molar-refractivity contribution in [2.24, 2.45) is 0 Å². The van der Waals surface area contributed by atoms with Gasteiger partial charge >= 0.3 is 0 Å². The Morgan fingerprint density at radius 2 is 2.18 bits per heavy atom. The van der Waals surface area contributed by atoms with Crippen LogP contribution in [0.2, 0.25) is 0 Å². The van der Waals surface area contributed by atoms with Gasteiger partial charge in [0.15, 0.2) is 9.84 Å². The van der Waals surface area contributed by atoms with Crippen molar-refractivity contribution in [3.63, 3.8) is 0 Å². The average Bonchev–Trinajstić information content (AvgIpc) is 2.13. The number of rotatable bonds is 2. The molecule has 0 aromatic heterocycles. The van der Waals surface area contributed by atoms with Crippen LogP contribution in [0.5, 0.6) is 0 Å². The van der Waals surface area contributed by atoms with E-state index >= 15 is 0 Å². The molecule has 0 amide bonds. The van der Waals surface area contributed by atoms with Crippen molar-refractivity contribution in [1.82, 2.24) is 5.32 Å². The summed E-state index contributed by atoms with van der Waals surface area (Å²) in [5.74, 6) is 0.388. The normalized spacial score (nSPS) is 27.9. The molecule has 1 atom stereocenters. The standard InChI is InChI=1S/C6H13NO2S.ClH/c1-7-5-6-3-2-4-10(6,8)9;/h6-7H,2-5H2,1H3;1H. The summed E-state index contributed by atoms with van der Waals surface area (Å²) in [6.45, 7) is 0.613. The Bertz CT molecular complexity index is 203. The van der Waals surface area contributed by atoms with Crippen LogP contribution in [0.3, 0.4) is 0 Å². The second-order valence-electron chi connectivity index (χ2n) is 2.69. The summed E-state index contributed by atoms with van der Waals surface area (Å²) in [7, 11) is -0.926. The van der Waals surface area contributed by atoms with Crippen molar-refractivity contribution in [3.8, 4) is 0 Å². The highest BCUT2D eigenvalue weighted by molar-refractivity contribution is 7.92. The van der Waals surface area contributed by atoms with Crippen LogP contribution in [0, 0.1) is 0 Å². The zero-order valence-electron chi connectivity index (χ0n) is 6.54. The summed E-state index contributed by atoms with van der Waals surface area (Å²) in [5.41, 5.74) is 0. The molecule has 0 saturated carbocycles. The summed E-state index contributed by atoms with van der Waals surface area (Å²) < 4.78 is 22.2. The Kier molecular flexibility index (Phi) is 4.36. The first-order valence-corrected chi connectivity index (χ1v) is 5.24. The van der Waals surface area contributed by atoms with Crippen LogP contribution in [0.4, 0.5) is 0 Å². The minimum absolute atomic E-state index is 0. The summed E-state index contributed by atoms with van der Waals surface area (Å²) in [6, 6.07) is 0. The van der Waals surface area contributed by atoms with Gasteiger partial charge in [-0.05, 0) is 19.9 Å². The predicted molar refractivity (Wildman–Crippen MR) is 48.0 cm³/mol. The van der Waals surface area contributed by atoms with Crippen LogP contribution < -0.4 is 5.32 Å². The molecular weight excluding hydrogens is 186 g/mol. The third-order valence-electron chi connectivity index (χ3n) is 1.89. The molecule has 1 unspecified atom stereocenters. The maximum absolute atomic E-state index is 11.1. The van der Waals surface area contributed by atoms with E-state index in [9.17, 15) is 8.42 Å². The SMILES string of the molecule is CNCC1CCCS1(=O)=O.Cl. The minimum atomic E-state index is -2.71. The van der Waals surface area contributed by atoms with Crippen LogP contribution in [0.25, 0.3) is 0 Å². The van der Waals surface area contributed by atoms with Gasteiger partial charge in [0.25, 0.3) is 0 Å². The van der Waals surface area contributed by atoms with Gasteiger partial charge in [-0.3, -0.25) is 0 Å². The minimum Gasteiger partial charge on any atom is -0.318 e. The maximum atomic E-state index is 11.1. The molecule has 0 aromatic rings. The fourth-order valence-corrected chi connectivity index (χ4v) is 3.16. The van der Waals surface area contributed by atoms with E-state index in [2.05, 4.69) is 5.32 Å². The van der Waals surface area contributed by atoms with E-state index in [1.54, 1.807) is 7.05 Å². The lowest BCUT2D eigenvalue weighted by molar-refractivity contribution is 0.583. The molecule has 1 aliphatic rings. The highest BCUT2D eigenvalue weighted by Gasteiger charge is 2.29. The monoisotopic (exact) mass is 199 g/mol. The lowest BCUT2D eigenvalue weighted by Crippen LogP contribution is -2.27. The van der Waals surface area contributed by atoms with Crippen molar-refractivity contribution in [3.05, 3.63) is 0 Å². The van der Waals surface area contributed by atoms with Gasteiger partial charge < -0.3 is 5.32 Å². The summed E-state index contributed by atoms with van der Waals surface area (Å²) in [5, 5.41) is 2.77. The van der Waals surface area contributed by atoms with Gasteiger partial charge in [-0.25, -0.2) is 8.42 Å². The zero-order chi connectivity index (χ0) is 7.61. The number of nitrogens with one attached hydrogen (secondary N) is 1. The Morgan fingerprint density at radius 1 is 1.55 bits per heavy atom. The third-order valence-corrected chi connectivity index (χ3v) is 4.17. The van der Waals surface area contributed by atoms with Crippen LogP contribution in [-0.4, -0.2) is 33.0 Å². The van der Waals surface area contributed by atoms with E-state index in [0.717, 1.165) is 12.8 Å². The Labute approximate surface area is 73.9 Å². The number of halogens is 1. The topological polar surface area (TPSA) is 46.2 Å². The molecule has 1 N–H and O–H groups in total. The van der Waals surface area contributed by atoms with Gasteiger partial charge in [0, 0.05) is 6.54 Å². The molecular formula is C6H14ClNO2S. The van der Waals surface area contributed by atoms with E-state index < -0.39 is 9.84 Å².